The van der Waals surface area contributed by atoms with E-state index >= 15 is 0 Å². The van der Waals surface area contributed by atoms with Gasteiger partial charge < -0.3 is 5.11 Å². The molecule has 0 bridgehead atoms. The molecule has 2 rings (SSSR count). The van der Waals surface area contributed by atoms with Crippen LogP contribution in [0.5, 0.6) is 5.75 Å². The molecule has 0 spiro atoms. The van der Waals surface area contributed by atoms with Crippen LogP contribution in [0.25, 0.3) is 5.57 Å². The summed E-state index contributed by atoms with van der Waals surface area (Å²) in [7, 11) is 0. The minimum absolute atomic E-state index is 0.280. The number of phenolic OH excluding ortho intramolecular Hbond substituents is 1. The smallest absolute Gasteiger partial charge is 0.115 e. The van der Waals surface area contributed by atoms with Crippen LogP contribution in [-0.2, 0) is 0 Å². The number of benzene rings is 1. The summed E-state index contributed by atoms with van der Waals surface area (Å²) in [6.07, 6.45) is 9.92. The number of allylic oxidation sites excluding steroid dienone is 5. The molecule has 0 saturated heterocycles. The van der Waals surface area contributed by atoms with Gasteiger partial charge in [-0.2, -0.15) is 12.6 Å². The SMILES string of the molecule is C=C(/C(C)=C\C(C)=C/C)c1ccc(O)cc1.CC.CC.C[C@H]1CCCCC1CS. The van der Waals surface area contributed by atoms with Gasteiger partial charge in [-0.15, -0.1) is 0 Å². The number of phenols is 1. The Morgan fingerprint density at radius 1 is 1.07 bits per heavy atom. The summed E-state index contributed by atoms with van der Waals surface area (Å²) < 4.78 is 0. The fourth-order valence-corrected chi connectivity index (χ4v) is 3.61. The van der Waals surface area contributed by atoms with Crippen molar-refractivity contribution in [3.05, 3.63) is 59.7 Å². The second kappa shape index (κ2) is 18.6. The molecule has 1 unspecified atom stereocenters. The van der Waals surface area contributed by atoms with Gasteiger partial charge in [0, 0.05) is 0 Å². The second-order valence-electron chi connectivity index (χ2n) is 7.09. The predicted octanol–water partition coefficient (Wildman–Crippen LogP) is 9.11. The third-order valence-electron chi connectivity index (χ3n) is 5.11. The van der Waals surface area contributed by atoms with Crippen molar-refractivity contribution in [3.8, 4) is 5.75 Å². The molecule has 166 valence electrons. The van der Waals surface area contributed by atoms with Gasteiger partial charge in [-0.25, -0.2) is 0 Å². The summed E-state index contributed by atoms with van der Waals surface area (Å²) in [4.78, 5) is 0. The Kier molecular flexibility index (Phi) is 19.1. The third kappa shape index (κ3) is 12.7. The Bertz CT molecular complexity index is 595. The van der Waals surface area contributed by atoms with E-state index in [9.17, 15) is 5.11 Å². The zero-order valence-electron chi connectivity index (χ0n) is 20.3. The summed E-state index contributed by atoms with van der Waals surface area (Å²) >= 11 is 4.32. The highest BCUT2D eigenvalue weighted by Gasteiger charge is 2.18. The van der Waals surface area contributed by atoms with E-state index in [0.29, 0.717) is 0 Å². The fourth-order valence-electron chi connectivity index (χ4n) is 3.07. The second-order valence-corrected chi connectivity index (χ2v) is 7.46. The Labute approximate surface area is 187 Å². The van der Waals surface area contributed by atoms with Crippen molar-refractivity contribution >= 4 is 18.2 Å². The van der Waals surface area contributed by atoms with Crippen molar-refractivity contribution in [1.29, 1.82) is 0 Å². The summed E-state index contributed by atoms with van der Waals surface area (Å²) in [5.41, 5.74) is 4.38. The first-order valence-electron chi connectivity index (χ1n) is 11.3. The van der Waals surface area contributed by atoms with Gasteiger partial charge in [0.1, 0.15) is 5.75 Å². The minimum atomic E-state index is 0.280. The lowest BCUT2D eigenvalue weighted by Gasteiger charge is -2.26. The molecular weight excluding hydrogens is 372 g/mol. The maximum Gasteiger partial charge on any atom is 0.115 e. The lowest BCUT2D eigenvalue weighted by Crippen LogP contribution is -2.17. The van der Waals surface area contributed by atoms with Crippen LogP contribution in [0.4, 0.5) is 0 Å². The van der Waals surface area contributed by atoms with Gasteiger partial charge in [-0.3, -0.25) is 0 Å². The minimum Gasteiger partial charge on any atom is -0.508 e. The zero-order valence-corrected chi connectivity index (χ0v) is 21.2. The normalized spacial score (nSPS) is 18.8. The molecule has 1 fully saturated rings. The summed E-state index contributed by atoms with van der Waals surface area (Å²) in [6.45, 7) is 20.5. The molecule has 0 amide bonds. The average molecular weight is 419 g/mol. The van der Waals surface area contributed by atoms with Crippen LogP contribution < -0.4 is 0 Å². The monoisotopic (exact) mass is 418 g/mol. The van der Waals surface area contributed by atoms with Gasteiger partial charge in [0.25, 0.3) is 0 Å². The van der Waals surface area contributed by atoms with E-state index in [4.69, 9.17) is 0 Å². The molecule has 1 nitrogen and oxygen atoms in total. The number of thiol groups is 1. The zero-order chi connectivity index (χ0) is 22.8. The van der Waals surface area contributed by atoms with Crippen molar-refractivity contribution in [2.24, 2.45) is 11.8 Å². The molecule has 1 aliphatic carbocycles. The highest BCUT2D eigenvalue weighted by molar-refractivity contribution is 7.80. The van der Waals surface area contributed by atoms with Crippen LogP contribution in [0, 0.1) is 11.8 Å². The molecule has 0 aliphatic heterocycles. The number of rotatable bonds is 4. The summed E-state index contributed by atoms with van der Waals surface area (Å²) in [6, 6.07) is 7.10. The Morgan fingerprint density at radius 2 is 1.59 bits per heavy atom. The molecule has 1 N–H and O–H groups in total. The van der Waals surface area contributed by atoms with E-state index in [2.05, 4.69) is 45.2 Å². The maximum absolute atomic E-state index is 9.21. The molecule has 29 heavy (non-hydrogen) atoms. The largest absolute Gasteiger partial charge is 0.508 e. The lowest BCUT2D eigenvalue weighted by molar-refractivity contribution is 0.282. The molecule has 0 radical (unpaired) electrons. The molecule has 2 heteroatoms. The van der Waals surface area contributed by atoms with Gasteiger partial charge in [0.2, 0.25) is 0 Å². The average Bonchev–Trinajstić information content (AvgIpc) is 2.77. The number of hydrogen-bond acceptors (Lipinski definition) is 2. The molecule has 1 aromatic rings. The molecule has 0 heterocycles. The Hall–Kier alpha value is -1.41. The summed E-state index contributed by atoms with van der Waals surface area (Å²) in [5.74, 6) is 3.24. The predicted molar refractivity (Wildman–Crippen MR) is 138 cm³/mol. The Balaban J connectivity index is 0. The Morgan fingerprint density at radius 3 is 2.00 bits per heavy atom. The van der Waals surface area contributed by atoms with E-state index in [1.54, 1.807) is 12.1 Å². The highest BCUT2D eigenvalue weighted by atomic mass is 32.1. The first-order chi connectivity index (χ1) is 13.9. The molecule has 1 saturated carbocycles. The van der Waals surface area contributed by atoms with E-state index in [1.807, 2.05) is 53.7 Å². The standard InChI is InChI=1S/C15H18O.C8H16S.2C2H6/c1-5-11(2)10-12(3)13(4)14-6-8-15(16)9-7-14;1-7-4-2-3-5-8(7)6-9;2*1-2/h5-10,16H,4H2,1-3H3;7-9H,2-6H2,1H3;2*1-2H3/b11-5-,12-10-;;;/t;7-,8?;;/m.0../s1. The van der Waals surface area contributed by atoms with Crippen molar-refractivity contribution in [3.63, 3.8) is 0 Å². The number of aromatic hydroxyl groups is 1. The molecule has 1 aromatic carbocycles. The first kappa shape index (κ1) is 29.8. The van der Waals surface area contributed by atoms with E-state index in [-0.39, 0.29) is 5.75 Å². The van der Waals surface area contributed by atoms with Crippen LogP contribution in [0.1, 0.15) is 86.6 Å². The van der Waals surface area contributed by atoms with Gasteiger partial charge in [0.05, 0.1) is 0 Å². The molecule has 1 aliphatic rings. The lowest BCUT2D eigenvalue weighted by atomic mass is 9.82. The van der Waals surface area contributed by atoms with E-state index < -0.39 is 0 Å². The van der Waals surface area contributed by atoms with Crippen LogP contribution in [-0.4, -0.2) is 10.9 Å². The van der Waals surface area contributed by atoms with Crippen molar-refractivity contribution in [2.75, 3.05) is 5.75 Å². The quantitative estimate of drug-likeness (QED) is 0.369. The van der Waals surface area contributed by atoms with Crippen LogP contribution in [0.15, 0.2) is 54.1 Å². The van der Waals surface area contributed by atoms with E-state index in [1.165, 1.54) is 31.3 Å². The van der Waals surface area contributed by atoms with Crippen molar-refractivity contribution in [2.45, 2.75) is 81.1 Å². The fraction of sp³-hybridized carbons (Fsp3) is 0.556. The first-order valence-corrected chi connectivity index (χ1v) is 11.9. The third-order valence-corrected chi connectivity index (χ3v) is 5.58. The van der Waals surface area contributed by atoms with Gasteiger partial charge in [-0.05, 0) is 73.6 Å². The van der Waals surface area contributed by atoms with Crippen LogP contribution in [0.2, 0.25) is 0 Å². The topological polar surface area (TPSA) is 20.2 Å². The van der Waals surface area contributed by atoms with Gasteiger partial charge in [0.15, 0.2) is 0 Å². The van der Waals surface area contributed by atoms with Crippen LogP contribution >= 0.6 is 12.6 Å². The maximum atomic E-state index is 9.21. The van der Waals surface area contributed by atoms with Crippen molar-refractivity contribution < 1.29 is 5.11 Å². The number of hydrogen-bond donors (Lipinski definition) is 2. The van der Waals surface area contributed by atoms with E-state index in [0.717, 1.165) is 34.3 Å². The van der Waals surface area contributed by atoms with Crippen molar-refractivity contribution in [1.82, 2.24) is 0 Å². The highest BCUT2D eigenvalue weighted by Crippen LogP contribution is 2.29. The summed E-state index contributed by atoms with van der Waals surface area (Å²) in [5, 5.41) is 9.21. The molecule has 2 atom stereocenters. The van der Waals surface area contributed by atoms with Gasteiger partial charge in [-0.1, -0.05) is 90.3 Å². The molecule has 0 aromatic heterocycles. The van der Waals surface area contributed by atoms with Crippen LogP contribution in [0.3, 0.4) is 0 Å². The van der Waals surface area contributed by atoms with Gasteiger partial charge >= 0.3 is 0 Å². The molecular formula is C27H46OS.